The molecule has 1 fully saturated rings. The molecule has 0 radical (unpaired) electrons. The van der Waals surface area contributed by atoms with E-state index in [9.17, 15) is 22.8 Å². The van der Waals surface area contributed by atoms with Crippen LogP contribution >= 0.6 is 0 Å². The highest BCUT2D eigenvalue weighted by Gasteiger charge is 2.31. The number of hydrogen-bond donors (Lipinski definition) is 3. The summed E-state index contributed by atoms with van der Waals surface area (Å²) in [5.41, 5.74) is 1.21. The van der Waals surface area contributed by atoms with Gasteiger partial charge in [0.1, 0.15) is 5.75 Å². The van der Waals surface area contributed by atoms with Crippen LogP contribution in [0.1, 0.15) is 23.2 Å². The molecule has 1 aliphatic carbocycles. The van der Waals surface area contributed by atoms with Crippen molar-refractivity contribution in [3.05, 3.63) is 54.1 Å². The van der Waals surface area contributed by atoms with Gasteiger partial charge in [-0.25, -0.2) is 0 Å². The van der Waals surface area contributed by atoms with Gasteiger partial charge in [0, 0.05) is 11.7 Å². The average molecular weight is 393 g/mol. The van der Waals surface area contributed by atoms with Crippen molar-refractivity contribution < 1.29 is 27.5 Å². The topological polar surface area (TPSA) is 79.5 Å². The molecular weight excluding hydrogens is 375 g/mol. The van der Waals surface area contributed by atoms with Gasteiger partial charge in [-0.15, -0.1) is 13.2 Å². The summed E-state index contributed by atoms with van der Waals surface area (Å²) in [6, 6.07) is 11.9. The minimum Gasteiger partial charge on any atom is -0.406 e. The van der Waals surface area contributed by atoms with E-state index in [0.29, 0.717) is 16.9 Å². The summed E-state index contributed by atoms with van der Waals surface area (Å²) in [7, 11) is 0. The fourth-order valence-corrected chi connectivity index (χ4v) is 2.43. The Morgan fingerprint density at radius 1 is 1.04 bits per heavy atom. The van der Waals surface area contributed by atoms with Gasteiger partial charge in [-0.3, -0.25) is 9.59 Å². The van der Waals surface area contributed by atoms with E-state index in [4.69, 9.17) is 0 Å². The first kappa shape index (κ1) is 19.5. The first-order valence-electron chi connectivity index (χ1n) is 8.59. The molecule has 3 rings (SSSR count). The van der Waals surface area contributed by atoms with Crippen LogP contribution in [-0.4, -0.2) is 30.8 Å². The number of nitrogens with one attached hydrogen (secondary N) is 3. The molecule has 0 aromatic heterocycles. The van der Waals surface area contributed by atoms with Crippen LogP contribution in [0.15, 0.2) is 48.5 Å². The molecule has 9 heteroatoms. The van der Waals surface area contributed by atoms with Crippen LogP contribution in [0.25, 0.3) is 0 Å². The molecule has 2 amide bonds. The molecule has 28 heavy (non-hydrogen) atoms. The minimum atomic E-state index is -4.76. The van der Waals surface area contributed by atoms with Crippen LogP contribution in [0.3, 0.4) is 0 Å². The van der Waals surface area contributed by atoms with Gasteiger partial charge in [-0.1, -0.05) is 12.1 Å². The Hall–Kier alpha value is -3.23. The van der Waals surface area contributed by atoms with E-state index in [-0.39, 0.29) is 24.2 Å². The number of benzene rings is 2. The Morgan fingerprint density at radius 3 is 2.36 bits per heavy atom. The van der Waals surface area contributed by atoms with Crippen LogP contribution in [-0.2, 0) is 4.79 Å². The van der Waals surface area contributed by atoms with Gasteiger partial charge in [0.15, 0.2) is 0 Å². The normalized spacial score (nSPS) is 13.5. The first-order chi connectivity index (χ1) is 13.3. The van der Waals surface area contributed by atoms with E-state index >= 15 is 0 Å². The van der Waals surface area contributed by atoms with Crippen molar-refractivity contribution in [1.82, 2.24) is 5.32 Å². The van der Waals surface area contributed by atoms with Crippen molar-refractivity contribution >= 4 is 23.2 Å². The molecule has 0 aliphatic heterocycles. The predicted octanol–water partition coefficient (Wildman–Crippen LogP) is 3.53. The summed E-state index contributed by atoms with van der Waals surface area (Å²) in [6.45, 7) is -0.127. The zero-order valence-corrected chi connectivity index (χ0v) is 14.7. The number of ether oxygens (including phenoxy) is 1. The third-order valence-electron chi connectivity index (χ3n) is 3.90. The van der Waals surface area contributed by atoms with Crippen LogP contribution in [0.4, 0.5) is 24.5 Å². The second-order valence-corrected chi connectivity index (χ2v) is 6.27. The quantitative estimate of drug-likeness (QED) is 0.673. The maximum Gasteiger partial charge on any atom is 0.573 e. The van der Waals surface area contributed by atoms with Crippen LogP contribution in [0.5, 0.6) is 5.75 Å². The molecule has 2 aromatic rings. The number of carbonyl (C=O) groups is 2. The van der Waals surface area contributed by atoms with E-state index in [0.717, 1.165) is 25.0 Å². The molecule has 3 N–H and O–H groups in total. The third-order valence-corrected chi connectivity index (χ3v) is 3.90. The number of hydrogen-bond acceptors (Lipinski definition) is 4. The number of anilines is 2. The molecule has 1 saturated carbocycles. The molecule has 0 heterocycles. The highest BCUT2D eigenvalue weighted by atomic mass is 19.4. The molecule has 0 unspecified atom stereocenters. The summed E-state index contributed by atoms with van der Waals surface area (Å²) in [4.78, 5) is 24.4. The molecule has 0 bridgehead atoms. The van der Waals surface area contributed by atoms with Crippen LogP contribution < -0.4 is 20.7 Å². The van der Waals surface area contributed by atoms with E-state index in [1.54, 1.807) is 24.3 Å². The molecule has 148 valence electrons. The monoisotopic (exact) mass is 393 g/mol. The van der Waals surface area contributed by atoms with Crippen molar-refractivity contribution in [3.63, 3.8) is 0 Å². The van der Waals surface area contributed by atoms with Crippen LogP contribution in [0.2, 0.25) is 0 Å². The van der Waals surface area contributed by atoms with E-state index in [1.165, 1.54) is 12.1 Å². The lowest BCUT2D eigenvalue weighted by Gasteiger charge is -2.12. The van der Waals surface area contributed by atoms with Crippen molar-refractivity contribution in [2.75, 3.05) is 17.2 Å². The van der Waals surface area contributed by atoms with Crippen molar-refractivity contribution in [1.29, 1.82) is 0 Å². The maximum atomic E-state index is 12.2. The molecule has 0 saturated heterocycles. The average Bonchev–Trinajstić information content (AvgIpc) is 3.44. The number of amides is 2. The van der Waals surface area contributed by atoms with Crippen molar-refractivity contribution in [2.24, 2.45) is 0 Å². The Bertz CT molecular complexity index is 849. The molecular formula is C19H18F3N3O3. The summed E-state index contributed by atoms with van der Waals surface area (Å²) in [6.07, 6.45) is -2.85. The summed E-state index contributed by atoms with van der Waals surface area (Å²) >= 11 is 0. The summed E-state index contributed by atoms with van der Waals surface area (Å²) in [5.74, 6) is -0.994. The predicted molar refractivity (Wildman–Crippen MR) is 97.2 cm³/mol. The van der Waals surface area contributed by atoms with E-state index < -0.39 is 12.3 Å². The number of halogens is 3. The Labute approximate surface area is 159 Å². The fourth-order valence-electron chi connectivity index (χ4n) is 2.43. The number of alkyl halides is 3. The molecule has 1 aliphatic rings. The number of para-hydroxylation sites is 1. The maximum absolute atomic E-state index is 12.2. The highest BCUT2D eigenvalue weighted by molar-refractivity contribution is 6.04. The zero-order chi connectivity index (χ0) is 20.1. The Balaban J connectivity index is 1.54. The minimum absolute atomic E-state index is 0.127. The van der Waals surface area contributed by atoms with E-state index in [2.05, 4.69) is 20.7 Å². The second-order valence-electron chi connectivity index (χ2n) is 6.27. The molecule has 0 atom stereocenters. The number of carbonyl (C=O) groups excluding carboxylic acids is 2. The summed E-state index contributed by atoms with van der Waals surface area (Å²) in [5, 5.41) is 8.32. The Morgan fingerprint density at radius 2 is 1.71 bits per heavy atom. The van der Waals surface area contributed by atoms with Gasteiger partial charge in [-0.2, -0.15) is 0 Å². The molecule has 6 nitrogen and oxygen atoms in total. The highest BCUT2D eigenvalue weighted by Crippen LogP contribution is 2.24. The van der Waals surface area contributed by atoms with Gasteiger partial charge in [0.2, 0.25) is 5.91 Å². The standard InChI is InChI=1S/C19H18F3N3O3/c20-19(21,22)28-14-9-7-12(8-10-14)23-11-17(26)25-16-4-2-1-3-15(16)18(27)24-13-5-6-13/h1-4,7-10,13,23H,5-6,11H2,(H,24,27)(H,25,26). The van der Waals surface area contributed by atoms with Gasteiger partial charge in [-0.05, 0) is 49.2 Å². The van der Waals surface area contributed by atoms with Gasteiger partial charge >= 0.3 is 6.36 Å². The molecule has 2 aromatic carbocycles. The fraction of sp³-hybridized carbons (Fsp3) is 0.263. The summed E-state index contributed by atoms with van der Waals surface area (Å²) < 4.78 is 40.2. The largest absolute Gasteiger partial charge is 0.573 e. The lowest BCUT2D eigenvalue weighted by molar-refractivity contribution is -0.274. The lowest BCUT2D eigenvalue weighted by atomic mass is 10.1. The van der Waals surface area contributed by atoms with Crippen molar-refractivity contribution in [3.8, 4) is 5.75 Å². The first-order valence-corrected chi connectivity index (χ1v) is 8.59. The third kappa shape index (κ3) is 5.90. The zero-order valence-electron chi connectivity index (χ0n) is 14.7. The second kappa shape index (κ2) is 8.20. The lowest BCUT2D eigenvalue weighted by Crippen LogP contribution is -2.28. The SMILES string of the molecule is O=C(CNc1ccc(OC(F)(F)F)cc1)Nc1ccccc1C(=O)NC1CC1. The van der Waals surface area contributed by atoms with Gasteiger partial charge in [0.25, 0.3) is 5.91 Å². The van der Waals surface area contributed by atoms with Gasteiger partial charge in [0.05, 0.1) is 17.8 Å². The van der Waals surface area contributed by atoms with Crippen LogP contribution in [0, 0.1) is 0 Å². The molecule has 0 spiro atoms. The van der Waals surface area contributed by atoms with E-state index in [1.807, 2.05) is 0 Å². The van der Waals surface area contributed by atoms with Gasteiger partial charge < -0.3 is 20.7 Å². The number of rotatable bonds is 7. The smallest absolute Gasteiger partial charge is 0.406 e. The Kier molecular flexibility index (Phi) is 5.72. The van der Waals surface area contributed by atoms with Crippen molar-refractivity contribution in [2.45, 2.75) is 25.2 Å².